The summed E-state index contributed by atoms with van der Waals surface area (Å²) in [4.78, 5) is 12.5. The molecule has 5 heteroatoms. The van der Waals surface area contributed by atoms with Crippen LogP contribution in [0.1, 0.15) is 32.8 Å². The standard InChI is InChI=1S/C16H21N3OS/c1-4-16(2,3)18-14(20)10-19-8-7-11-9-12(15(17)21)5-6-13(11)19/h5-9H,4,10H2,1-3H3,(H2,17,21)(H,18,20). The van der Waals surface area contributed by atoms with Gasteiger partial charge in [-0.25, -0.2) is 0 Å². The number of nitrogens with two attached hydrogens (primary N) is 1. The molecule has 112 valence electrons. The van der Waals surface area contributed by atoms with Crippen molar-refractivity contribution in [2.75, 3.05) is 0 Å². The van der Waals surface area contributed by atoms with Crippen molar-refractivity contribution in [2.45, 2.75) is 39.3 Å². The largest absolute Gasteiger partial charge is 0.389 e. The molecule has 2 rings (SSSR count). The number of amides is 1. The van der Waals surface area contributed by atoms with E-state index in [1.165, 1.54) is 0 Å². The lowest BCUT2D eigenvalue weighted by Gasteiger charge is -2.24. The fourth-order valence-electron chi connectivity index (χ4n) is 2.15. The molecular weight excluding hydrogens is 282 g/mol. The van der Waals surface area contributed by atoms with Gasteiger partial charge in [-0.05, 0) is 44.5 Å². The SMILES string of the molecule is CCC(C)(C)NC(=O)Cn1ccc2cc(C(N)=S)ccc21. The Morgan fingerprint density at radius 1 is 1.38 bits per heavy atom. The summed E-state index contributed by atoms with van der Waals surface area (Å²) < 4.78 is 1.93. The second kappa shape index (κ2) is 5.85. The molecule has 0 spiro atoms. The molecule has 4 nitrogen and oxygen atoms in total. The lowest BCUT2D eigenvalue weighted by atomic mass is 10.0. The number of nitrogens with one attached hydrogen (secondary N) is 1. The van der Waals surface area contributed by atoms with Crippen LogP contribution in [0.3, 0.4) is 0 Å². The highest BCUT2D eigenvalue weighted by Gasteiger charge is 2.18. The molecule has 0 unspecified atom stereocenters. The van der Waals surface area contributed by atoms with Crippen molar-refractivity contribution in [1.82, 2.24) is 9.88 Å². The molecule has 1 amide bonds. The predicted molar refractivity (Wildman–Crippen MR) is 90.3 cm³/mol. The molecule has 0 radical (unpaired) electrons. The number of nitrogens with zero attached hydrogens (tertiary/aromatic N) is 1. The van der Waals surface area contributed by atoms with Crippen molar-refractivity contribution < 1.29 is 4.79 Å². The predicted octanol–water partition coefficient (Wildman–Crippen LogP) is 2.58. The van der Waals surface area contributed by atoms with Gasteiger partial charge < -0.3 is 15.6 Å². The van der Waals surface area contributed by atoms with Crippen LogP contribution in [0.15, 0.2) is 30.5 Å². The summed E-state index contributed by atoms with van der Waals surface area (Å²) in [5.41, 5.74) is 7.30. The molecular formula is C16H21N3OS. The van der Waals surface area contributed by atoms with E-state index in [0.717, 1.165) is 22.9 Å². The first kappa shape index (κ1) is 15.5. The number of carbonyl (C=O) groups is 1. The maximum Gasteiger partial charge on any atom is 0.240 e. The summed E-state index contributed by atoms with van der Waals surface area (Å²) in [7, 11) is 0. The second-order valence-corrected chi connectivity index (χ2v) is 6.31. The molecule has 0 fully saturated rings. The molecule has 0 saturated carbocycles. The molecule has 1 aromatic heterocycles. The summed E-state index contributed by atoms with van der Waals surface area (Å²) in [6.07, 6.45) is 2.80. The molecule has 0 aliphatic heterocycles. The minimum atomic E-state index is -0.182. The third kappa shape index (κ3) is 3.61. The third-order valence-electron chi connectivity index (χ3n) is 3.73. The first-order valence-corrected chi connectivity index (χ1v) is 7.43. The maximum atomic E-state index is 12.1. The maximum absolute atomic E-state index is 12.1. The zero-order valence-electron chi connectivity index (χ0n) is 12.6. The van der Waals surface area contributed by atoms with Gasteiger partial charge in [0.05, 0.1) is 0 Å². The Bertz CT molecular complexity index is 688. The van der Waals surface area contributed by atoms with E-state index in [-0.39, 0.29) is 11.4 Å². The smallest absolute Gasteiger partial charge is 0.240 e. The molecule has 2 aromatic rings. The van der Waals surface area contributed by atoms with Gasteiger partial charge in [-0.15, -0.1) is 0 Å². The lowest BCUT2D eigenvalue weighted by molar-refractivity contribution is -0.123. The van der Waals surface area contributed by atoms with Gasteiger partial charge in [0.2, 0.25) is 5.91 Å². The molecule has 0 saturated heterocycles. The van der Waals surface area contributed by atoms with Crippen LogP contribution in [-0.2, 0) is 11.3 Å². The zero-order chi connectivity index (χ0) is 15.6. The lowest BCUT2D eigenvalue weighted by Crippen LogP contribution is -2.44. The molecule has 21 heavy (non-hydrogen) atoms. The van der Waals surface area contributed by atoms with Crippen molar-refractivity contribution in [2.24, 2.45) is 5.73 Å². The van der Waals surface area contributed by atoms with Crippen LogP contribution in [-0.4, -0.2) is 21.0 Å². The molecule has 1 aromatic carbocycles. The fourth-order valence-corrected chi connectivity index (χ4v) is 2.28. The number of hydrogen-bond donors (Lipinski definition) is 2. The van der Waals surface area contributed by atoms with E-state index in [1.807, 2.05) is 48.9 Å². The molecule has 0 aliphatic rings. The number of thiocarbonyl (C=S) groups is 1. The Kier molecular flexibility index (Phi) is 4.32. The molecule has 0 aliphatic carbocycles. The van der Waals surface area contributed by atoms with Crippen LogP contribution in [0.2, 0.25) is 0 Å². The van der Waals surface area contributed by atoms with Gasteiger partial charge in [0.25, 0.3) is 0 Å². The minimum absolute atomic E-state index is 0.0118. The molecule has 1 heterocycles. The van der Waals surface area contributed by atoms with Crippen molar-refractivity contribution in [1.29, 1.82) is 0 Å². The van der Waals surface area contributed by atoms with Gasteiger partial charge in [-0.3, -0.25) is 4.79 Å². The normalized spacial score (nSPS) is 11.6. The van der Waals surface area contributed by atoms with E-state index in [9.17, 15) is 4.79 Å². The van der Waals surface area contributed by atoms with Crippen molar-refractivity contribution >= 4 is 34.0 Å². The number of hydrogen-bond acceptors (Lipinski definition) is 2. The van der Waals surface area contributed by atoms with Crippen LogP contribution in [0.4, 0.5) is 0 Å². The van der Waals surface area contributed by atoms with E-state index < -0.39 is 0 Å². The Morgan fingerprint density at radius 3 is 2.71 bits per heavy atom. The van der Waals surface area contributed by atoms with E-state index in [1.54, 1.807) is 0 Å². The van der Waals surface area contributed by atoms with Gasteiger partial charge in [0, 0.05) is 28.2 Å². The molecule has 0 atom stereocenters. The summed E-state index contributed by atoms with van der Waals surface area (Å²) in [5, 5.41) is 4.07. The Morgan fingerprint density at radius 2 is 2.10 bits per heavy atom. The average molecular weight is 303 g/mol. The quantitative estimate of drug-likeness (QED) is 0.835. The summed E-state index contributed by atoms with van der Waals surface area (Å²) in [6.45, 7) is 6.40. The highest BCUT2D eigenvalue weighted by atomic mass is 32.1. The summed E-state index contributed by atoms with van der Waals surface area (Å²) in [5.74, 6) is 0.0118. The number of carbonyl (C=O) groups excluding carboxylic acids is 1. The van der Waals surface area contributed by atoms with Crippen molar-refractivity contribution in [3.8, 4) is 0 Å². The van der Waals surface area contributed by atoms with Gasteiger partial charge in [0.1, 0.15) is 11.5 Å². The summed E-state index contributed by atoms with van der Waals surface area (Å²) >= 11 is 4.98. The monoisotopic (exact) mass is 303 g/mol. The van der Waals surface area contributed by atoms with Crippen molar-refractivity contribution in [3.05, 3.63) is 36.0 Å². The van der Waals surface area contributed by atoms with Gasteiger partial charge in [-0.2, -0.15) is 0 Å². The van der Waals surface area contributed by atoms with Crippen LogP contribution < -0.4 is 11.1 Å². The highest BCUT2D eigenvalue weighted by Crippen LogP contribution is 2.18. The van der Waals surface area contributed by atoms with Crippen molar-refractivity contribution in [3.63, 3.8) is 0 Å². The van der Waals surface area contributed by atoms with E-state index in [0.29, 0.717) is 11.5 Å². The highest BCUT2D eigenvalue weighted by molar-refractivity contribution is 7.80. The van der Waals surface area contributed by atoms with Crippen LogP contribution in [0.25, 0.3) is 10.9 Å². The Balaban J connectivity index is 2.20. The Hall–Kier alpha value is -1.88. The van der Waals surface area contributed by atoms with Crippen LogP contribution in [0.5, 0.6) is 0 Å². The number of rotatable bonds is 5. The van der Waals surface area contributed by atoms with E-state index in [2.05, 4.69) is 12.2 Å². The third-order valence-corrected chi connectivity index (χ3v) is 3.97. The number of aromatic nitrogens is 1. The molecule has 0 bridgehead atoms. The first-order chi connectivity index (χ1) is 9.82. The number of benzene rings is 1. The average Bonchev–Trinajstić information content (AvgIpc) is 2.80. The van der Waals surface area contributed by atoms with E-state index >= 15 is 0 Å². The van der Waals surface area contributed by atoms with Crippen LogP contribution in [0, 0.1) is 0 Å². The second-order valence-electron chi connectivity index (χ2n) is 5.87. The van der Waals surface area contributed by atoms with Gasteiger partial charge >= 0.3 is 0 Å². The first-order valence-electron chi connectivity index (χ1n) is 7.02. The topological polar surface area (TPSA) is 60.0 Å². The zero-order valence-corrected chi connectivity index (χ0v) is 13.5. The van der Waals surface area contributed by atoms with Gasteiger partial charge in [-0.1, -0.05) is 19.1 Å². The molecule has 3 N–H and O–H groups in total. The minimum Gasteiger partial charge on any atom is -0.389 e. The Labute approximate surface area is 130 Å². The summed E-state index contributed by atoms with van der Waals surface area (Å²) in [6, 6.07) is 7.74. The van der Waals surface area contributed by atoms with Crippen LogP contribution >= 0.6 is 12.2 Å². The van der Waals surface area contributed by atoms with E-state index in [4.69, 9.17) is 18.0 Å². The fraction of sp³-hybridized carbons (Fsp3) is 0.375. The number of fused-ring (bicyclic) bond motifs is 1. The van der Waals surface area contributed by atoms with Gasteiger partial charge in [0.15, 0.2) is 0 Å².